The lowest BCUT2D eigenvalue weighted by atomic mass is 9.92. The molecule has 0 saturated heterocycles. The molecular weight excluding hydrogens is 524 g/mol. The van der Waals surface area contributed by atoms with Crippen molar-refractivity contribution in [3.8, 4) is 0 Å². The molecule has 6 rings (SSSR count). The highest BCUT2D eigenvalue weighted by atomic mass is 35.5. The van der Waals surface area contributed by atoms with Crippen LogP contribution >= 0.6 is 23.4 Å². The van der Waals surface area contributed by atoms with Gasteiger partial charge in [-0.25, -0.2) is 10.0 Å². The molecule has 0 radical (unpaired) electrons. The Labute approximate surface area is 237 Å². The van der Waals surface area contributed by atoms with Gasteiger partial charge in [-0.15, -0.1) is 0 Å². The molecule has 5 nitrogen and oxygen atoms in total. The van der Waals surface area contributed by atoms with Crippen LogP contribution < -0.4 is 10.0 Å². The van der Waals surface area contributed by atoms with Crippen LogP contribution in [0, 0.1) is 0 Å². The van der Waals surface area contributed by atoms with E-state index >= 15 is 0 Å². The third kappa shape index (κ3) is 4.24. The lowest BCUT2D eigenvalue weighted by molar-refractivity contribution is -0.110. The number of rotatable bonds is 5. The smallest absolute Gasteiger partial charge is 0.234 e. The molecular formula is C32H27ClN4OS. The van der Waals surface area contributed by atoms with Crippen LogP contribution in [0.4, 0.5) is 11.4 Å². The first-order valence-electron chi connectivity index (χ1n) is 12.9. The summed E-state index contributed by atoms with van der Waals surface area (Å²) in [6.07, 6.45) is 0. The van der Waals surface area contributed by atoms with E-state index in [0.29, 0.717) is 21.7 Å². The number of Topliss-reactive ketones (excluding diaryl/α,β-unsaturated/α-hetero) is 1. The number of ketones is 1. The number of hydrazone groups is 2. The molecule has 0 saturated carbocycles. The second-order valence-electron chi connectivity index (χ2n) is 9.85. The fourth-order valence-electron chi connectivity index (χ4n) is 4.99. The number of carbonyl (C=O) groups excluding carboxylic acids is 1. The summed E-state index contributed by atoms with van der Waals surface area (Å²) >= 11 is 8.15. The number of thioether (sulfide) groups is 1. The van der Waals surface area contributed by atoms with Crippen molar-refractivity contribution in [3.63, 3.8) is 0 Å². The standard InChI is InChI=1S/C32H27ClN4OS/c1-21(2)23-17-19-24(20-18-23)30-26-13-7-8-14-27(26)32(36(34-30)25-11-5-4-6-12-25)37(35-31(39-32)22(3)38)29-16-10-9-15-28(29)33/h4-21H,1-3H3. The van der Waals surface area contributed by atoms with Crippen LogP contribution in [0.5, 0.6) is 0 Å². The zero-order chi connectivity index (χ0) is 27.1. The molecule has 0 aliphatic carbocycles. The summed E-state index contributed by atoms with van der Waals surface area (Å²) < 4.78 is 0. The quantitative estimate of drug-likeness (QED) is 0.252. The second kappa shape index (κ2) is 10.0. The van der Waals surface area contributed by atoms with E-state index in [1.807, 2.05) is 76.7 Å². The lowest BCUT2D eigenvalue weighted by Gasteiger charge is -2.47. The average Bonchev–Trinajstić information content (AvgIpc) is 3.35. The van der Waals surface area contributed by atoms with Gasteiger partial charge < -0.3 is 0 Å². The van der Waals surface area contributed by atoms with E-state index in [-0.39, 0.29) is 5.78 Å². The van der Waals surface area contributed by atoms with Crippen molar-refractivity contribution in [3.05, 3.63) is 130 Å². The van der Waals surface area contributed by atoms with Gasteiger partial charge in [0.25, 0.3) is 0 Å². The van der Waals surface area contributed by atoms with Crippen LogP contribution in [0.15, 0.2) is 113 Å². The predicted molar refractivity (Wildman–Crippen MR) is 163 cm³/mol. The van der Waals surface area contributed by atoms with Gasteiger partial charge in [-0.2, -0.15) is 10.2 Å². The molecule has 4 aromatic carbocycles. The van der Waals surface area contributed by atoms with E-state index in [0.717, 1.165) is 28.1 Å². The maximum Gasteiger partial charge on any atom is 0.234 e. The second-order valence-corrected chi connectivity index (χ2v) is 11.4. The minimum Gasteiger partial charge on any atom is -0.292 e. The third-order valence-corrected chi connectivity index (χ3v) is 8.70. The summed E-state index contributed by atoms with van der Waals surface area (Å²) in [6, 6.07) is 34.4. The summed E-state index contributed by atoms with van der Waals surface area (Å²) in [5.74, 6) is 0.323. The lowest BCUT2D eigenvalue weighted by Crippen LogP contribution is -2.54. The van der Waals surface area contributed by atoms with Gasteiger partial charge in [-0.3, -0.25) is 4.79 Å². The van der Waals surface area contributed by atoms with Gasteiger partial charge in [0.1, 0.15) is 0 Å². The number of nitrogens with zero attached hydrogens (tertiary/aromatic N) is 4. The van der Waals surface area contributed by atoms with Crippen LogP contribution in [0.3, 0.4) is 0 Å². The van der Waals surface area contributed by atoms with Crippen LogP contribution in [0.2, 0.25) is 5.02 Å². The minimum atomic E-state index is -1.02. The van der Waals surface area contributed by atoms with E-state index < -0.39 is 4.99 Å². The number of fused-ring (bicyclic) bond motifs is 2. The Bertz CT molecular complexity index is 1620. The predicted octanol–water partition coefficient (Wildman–Crippen LogP) is 8.00. The van der Waals surface area contributed by atoms with Gasteiger partial charge in [-0.1, -0.05) is 104 Å². The molecule has 2 aliphatic rings. The Hall–Kier alpha value is -3.87. The largest absolute Gasteiger partial charge is 0.292 e. The molecule has 2 aliphatic heterocycles. The van der Waals surface area contributed by atoms with Crippen LogP contribution in [-0.2, 0) is 9.79 Å². The fraction of sp³-hybridized carbons (Fsp3) is 0.156. The van der Waals surface area contributed by atoms with Crippen molar-refractivity contribution in [2.75, 3.05) is 10.0 Å². The Balaban J connectivity index is 1.64. The van der Waals surface area contributed by atoms with Gasteiger partial charge in [0.05, 0.1) is 22.1 Å². The maximum atomic E-state index is 12.8. The van der Waals surface area contributed by atoms with Crippen molar-refractivity contribution in [1.82, 2.24) is 0 Å². The maximum absolute atomic E-state index is 12.8. The minimum absolute atomic E-state index is 0.113. The van der Waals surface area contributed by atoms with Gasteiger partial charge in [0.2, 0.25) is 4.99 Å². The molecule has 0 fully saturated rings. The van der Waals surface area contributed by atoms with Crippen molar-refractivity contribution in [2.45, 2.75) is 31.7 Å². The molecule has 1 atom stereocenters. The van der Waals surface area contributed by atoms with Crippen LogP contribution in [-0.4, -0.2) is 16.5 Å². The SMILES string of the molecule is CC(=O)C1=NN(c2ccccc2Cl)C2(S1)c1ccccc1C(c1ccc(C(C)C)cc1)=NN2c1ccccc1. The van der Waals surface area contributed by atoms with Gasteiger partial charge >= 0.3 is 0 Å². The summed E-state index contributed by atoms with van der Waals surface area (Å²) in [7, 11) is 0. The Kier molecular flexibility index (Phi) is 6.53. The molecule has 1 spiro atoms. The van der Waals surface area contributed by atoms with Gasteiger partial charge in [0.15, 0.2) is 10.8 Å². The number of carbonyl (C=O) groups is 1. The van der Waals surface area contributed by atoms with Crippen LogP contribution in [0.25, 0.3) is 0 Å². The highest BCUT2D eigenvalue weighted by Gasteiger charge is 2.56. The monoisotopic (exact) mass is 550 g/mol. The first-order chi connectivity index (χ1) is 18.9. The fourth-order valence-corrected chi connectivity index (χ4v) is 6.49. The molecule has 0 bridgehead atoms. The first-order valence-corrected chi connectivity index (χ1v) is 14.1. The molecule has 4 aromatic rings. The van der Waals surface area contributed by atoms with E-state index in [2.05, 4.69) is 50.2 Å². The molecule has 2 heterocycles. The molecule has 194 valence electrons. The van der Waals surface area contributed by atoms with E-state index in [1.54, 1.807) is 6.92 Å². The number of benzene rings is 4. The van der Waals surface area contributed by atoms with Gasteiger partial charge in [0, 0.05) is 23.6 Å². The van der Waals surface area contributed by atoms with Crippen molar-refractivity contribution >= 4 is 51.3 Å². The van der Waals surface area contributed by atoms with Crippen molar-refractivity contribution < 1.29 is 4.79 Å². The molecule has 0 amide bonds. The number of hydrogen-bond donors (Lipinski definition) is 0. The topological polar surface area (TPSA) is 48.3 Å². The molecule has 39 heavy (non-hydrogen) atoms. The van der Waals surface area contributed by atoms with Crippen molar-refractivity contribution in [2.24, 2.45) is 10.2 Å². The zero-order valence-electron chi connectivity index (χ0n) is 21.9. The Morgan fingerprint density at radius 3 is 2.18 bits per heavy atom. The summed E-state index contributed by atoms with van der Waals surface area (Å²) in [5, 5.41) is 15.0. The number of anilines is 2. The Morgan fingerprint density at radius 1 is 0.821 bits per heavy atom. The third-order valence-electron chi connectivity index (χ3n) is 6.97. The summed E-state index contributed by atoms with van der Waals surface area (Å²) in [4.78, 5) is 11.8. The Morgan fingerprint density at radius 2 is 1.49 bits per heavy atom. The van der Waals surface area contributed by atoms with E-state index in [1.165, 1.54) is 17.3 Å². The average molecular weight is 551 g/mol. The number of halogens is 1. The number of para-hydroxylation sites is 2. The highest BCUT2D eigenvalue weighted by Crippen LogP contribution is 2.55. The molecule has 7 heteroatoms. The molecule has 0 aromatic heterocycles. The van der Waals surface area contributed by atoms with E-state index in [4.69, 9.17) is 21.8 Å². The van der Waals surface area contributed by atoms with E-state index in [9.17, 15) is 4.79 Å². The van der Waals surface area contributed by atoms with Crippen molar-refractivity contribution in [1.29, 1.82) is 0 Å². The highest BCUT2D eigenvalue weighted by molar-refractivity contribution is 8.17. The normalized spacial score (nSPS) is 18.3. The van der Waals surface area contributed by atoms with Gasteiger partial charge in [-0.05, 0) is 47.5 Å². The summed E-state index contributed by atoms with van der Waals surface area (Å²) in [5.41, 5.74) is 6.65. The number of hydrogen-bond acceptors (Lipinski definition) is 6. The zero-order valence-corrected chi connectivity index (χ0v) is 23.4. The molecule has 1 unspecified atom stereocenters. The molecule has 0 N–H and O–H groups in total. The van der Waals surface area contributed by atoms with Crippen LogP contribution in [0.1, 0.15) is 48.9 Å². The summed E-state index contributed by atoms with van der Waals surface area (Å²) in [6.45, 7) is 5.93. The first kappa shape index (κ1) is 25.4.